The minimum absolute atomic E-state index is 0.239. The number of thioether (sulfide) groups is 1. The largest absolute Gasteiger partial charge is 0.393 e. The quantitative estimate of drug-likeness (QED) is 0.525. The Bertz CT molecular complexity index is 145. The summed E-state index contributed by atoms with van der Waals surface area (Å²) < 4.78 is 0. The first-order chi connectivity index (χ1) is 7.10. The van der Waals surface area contributed by atoms with E-state index in [1.807, 2.05) is 18.7 Å². The molecule has 0 radical (unpaired) electrons. The summed E-state index contributed by atoms with van der Waals surface area (Å²) in [6, 6.07) is 0.735. The predicted octanol–water partition coefficient (Wildman–Crippen LogP) is 1.21. The molecule has 0 aromatic carbocycles. The van der Waals surface area contributed by atoms with Gasteiger partial charge >= 0.3 is 0 Å². The van der Waals surface area contributed by atoms with E-state index in [0.29, 0.717) is 18.6 Å². The van der Waals surface area contributed by atoms with E-state index in [2.05, 4.69) is 18.5 Å². The van der Waals surface area contributed by atoms with Crippen molar-refractivity contribution in [3.63, 3.8) is 0 Å². The lowest BCUT2D eigenvalue weighted by Gasteiger charge is -2.23. The Balaban J connectivity index is 3.67. The minimum Gasteiger partial charge on any atom is -0.393 e. The van der Waals surface area contributed by atoms with Gasteiger partial charge in [0.1, 0.15) is 0 Å². The van der Waals surface area contributed by atoms with Crippen molar-refractivity contribution < 1.29 is 5.11 Å². The molecule has 0 aromatic rings. The van der Waals surface area contributed by atoms with Crippen molar-refractivity contribution in [3.05, 3.63) is 0 Å². The van der Waals surface area contributed by atoms with Crippen LogP contribution in [0.5, 0.6) is 0 Å². The third-order valence-corrected chi connectivity index (χ3v) is 3.10. The number of nitrogens with two attached hydrogens (primary N) is 1. The van der Waals surface area contributed by atoms with Crippen molar-refractivity contribution >= 4 is 11.8 Å². The lowest BCUT2D eigenvalue weighted by atomic mass is 10.1. The van der Waals surface area contributed by atoms with Gasteiger partial charge in [0.15, 0.2) is 0 Å². The first-order valence-corrected chi connectivity index (χ1v) is 7.12. The Hall–Kier alpha value is 0.230. The number of hydrogen-bond donors (Lipinski definition) is 3. The molecule has 3 nitrogen and oxygen atoms in total. The van der Waals surface area contributed by atoms with E-state index < -0.39 is 0 Å². The fourth-order valence-corrected chi connectivity index (χ4v) is 2.18. The van der Waals surface area contributed by atoms with Crippen LogP contribution < -0.4 is 11.1 Å². The van der Waals surface area contributed by atoms with Gasteiger partial charge in [0.2, 0.25) is 0 Å². The molecule has 0 rings (SSSR count). The molecular weight excluding hydrogens is 208 g/mol. The number of hydrogen-bond acceptors (Lipinski definition) is 4. The second-order valence-electron chi connectivity index (χ2n) is 4.22. The first-order valence-electron chi connectivity index (χ1n) is 5.73. The van der Waals surface area contributed by atoms with E-state index >= 15 is 0 Å². The van der Waals surface area contributed by atoms with Crippen LogP contribution in [0.3, 0.4) is 0 Å². The fourth-order valence-electron chi connectivity index (χ4n) is 1.73. The van der Waals surface area contributed by atoms with Crippen LogP contribution in [0, 0.1) is 0 Å². The van der Waals surface area contributed by atoms with Gasteiger partial charge in [-0.25, -0.2) is 0 Å². The van der Waals surface area contributed by atoms with Gasteiger partial charge in [-0.1, -0.05) is 0 Å². The van der Waals surface area contributed by atoms with Crippen LogP contribution in [-0.2, 0) is 0 Å². The molecule has 0 heterocycles. The van der Waals surface area contributed by atoms with Crippen molar-refractivity contribution in [2.75, 3.05) is 18.6 Å². The van der Waals surface area contributed by atoms with Crippen LogP contribution in [0.1, 0.15) is 33.1 Å². The summed E-state index contributed by atoms with van der Waals surface area (Å²) in [7, 11) is 0. The van der Waals surface area contributed by atoms with Gasteiger partial charge in [0.05, 0.1) is 6.10 Å². The highest BCUT2D eigenvalue weighted by Crippen LogP contribution is 2.05. The van der Waals surface area contributed by atoms with Crippen molar-refractivity contribution in [1.82, 2.24) is 5.32 Å². The van der Waals surface area contributed by atoms with Gasteiger partial charge in [-0.3, -0.25) is 0 Å². The monoisotopic (exact) mass is 234 g/mol. The zero-order valence-electron chi connectivity index (χ0n) is 10.2. The smallest absolute Gasteiger partial charge is 0.0526 e. The standard InChI is InChI=1S/C11H26N2OS/c1-9(7-10(2)14)13-11(8-12)5-4-6-15-3/h9-11,13-14H,4-8,12H2,1-3H3. The summed E-state index contributed by atoms with van der Waals surface area (Å²) in [5, 5.41) is 12.7. The zero-order valence-corrected chi connectivity index (χ0v) is 11.0. The Morgan fingerprint density at radius 2 is 2.07 bits per heavy atom. The van der Waals surface area contributed by atoms with Crippen molar-refractivity contribution in [3.8, 4) is 0 Å². The molecule has 0 aliphatic heterocycles. The molecule has 3 unspecified atom stereocenters. The average molecular weight is 234 g/mol. The topological polar surface area (TPSA) is 58.3 Å². The highest BCUT2D eigenvalue weighted by Gasteiger charge is 2.11. The van der Waals surface area contributed by atoms with E-state index in [1.165, 1.54) is 12.2 Å². The summed E-state index contributed by atoms with van der Waals surface area (Å²) in [6.07, 6.45) is 5.01. The molecular formula is C11H26N2OS. The Morgan fingerprint density at radius 3 is 2.53 bits per heavy atom. The van der Waals surface area contributed by atoms with Gasteiger partial charge in [-0.2, -0.15) is 11.8 Å². The number of nitrogens with one attached hydrogen (secondary N) is 1. The molecule has 0 amide bonds. The molecule has 0 saturated carbocycles. The van der Waals surface area contributed by atoms with Gasteiger partial charge < -0.3 is 16.2 Å². The van der Waals surface area contributed by atoms with Crippen LogP contribution in [0.4, 0.5) is 0 Å². The van der Waals surface area contributed by atoms with Crippen LogP contribution >= 0.6 is 11.8 Å². The Morgan fingerprint density at radius 1 is 1.40 bits per heavy atom. The number of aliphatic hydroxyl groups is 1. The summed E-state index contributed by atoms with van der Waals surface area (Å²) in [4.78, 5) is 0. The maximum atomic E-state index is 9.25. The molecule has 0 saturated heterocycles. The lowest BCUT2D eigenvalue weighted by molar-refractivity contribution is 0.167. The first kappa shape index (κ1) is 15.2. The molecule has 0 aromatic heterocycles. The van der Waals surface area contributed by atoms with Crippen molar-refractivity contribution in [2.24, 2.45) is 5.73 Å². The normalized spacial score (nSPS) is 17.4. The van der Waals surface area contributed by atoms with Gasteiger partial charge in [-0.15, -0.1) is 0 Å². The summed E-state index contributed by atoms with van der Waals surface area (Å²) in [5.74, 6) is 1.20. The van der Waals surface area contributed by atoms with E-state index in [0.717, 1.165) is 12.8 Å². The van der Waals surface area contributed by atoms with E-state index in [-0.39, 0.29) is 6.10 Å². The fraction of sp³-hybridized carbons (Fsp3) is 1.00. The highest BCUT2D eigenvalue weighted by molar-refractivity contribution is 7.98. The number of aliphatic hydroxyl groups excluding tert-OH is 1. The highest BCUT2D eigenvalue weighted by atomic mass is 32.2. The van der Waals surface area contributed by atoms with Crippen molar-refractivity contribution in [2.45, 2.75) is 51.3 Å². The number of rotatable bonds is 9. The Kier molecular flexibility index (Phi) is 9.60. The molecule has 0 spiro atoms. The third kappa shape index (κ3) is 9.18. The van der Waals surface area contributed by atoms with E-state index in [1.54, 1.807) is 0 Å². The lowest BCUT2D eigenvalue weighted by Crippen LogP contribution is -2.42. The molecule has 0 bridgehead atoms. The third-order valence-electron chi connectivity index (χ3n) is 2.40. The molecule has 3 atom stereocenters. The molecule has 15 heavy (non-hydrogen) atoms. The SMILES string of the molecule is CSCCCC(CN)NC(C)CC(C)O. The molecule has 0 aliphatic carbocycles. The predicted molar refractivity (Wildman–Crippen MR) is 69.4 cm³/mol. The second-order valence-corrected chi connectivity index (χ2v) is 5.21. The summed E-state index contributed by atoms with van der Waals surface area (Å²) in [5.41, 5.74) is 5.70. The van der Waals surface area contributed by atoms with Crippen LogP contribution in [0.15, 0.2) is 0 Å². The summed E-state index contributed by atoms with van der Waals surface area (Å²) >= 11 is 1.88. The van der Waals surface area contributed by atoms with Crippen molar-refractivity contribution in [1.29, 1.82) is 0 Å². The van der Waals surface area contributed by atoms with Crippen LogP contribution in [-0.4, -0.2) is 41.8 Å². The second kappa shape index (κ2) is 9.46. The van der Waals surface area contributed by atoms with Gasteiger partial charge in [0.25, 0.3) is 0 Å². The maximum Gasteiger partial charge on any atom is 0.0526 e. The molecule has 0 fully saturated rings. The van der Waals surface area contributed by atoms with Crippen LogP contribution in [0.25, 0.3) is 0 Å². The minimum atomic E-state index is -0.239. The molecule has 4 heteroatoms. The van der Waals surface area contributed by atoms with Gasteiger partial charge in [-0.05, 0) is 45.1 Å². The zero-order chi connectivity index (χ0) is 11.7. The van der Waals surface area contributed by atoms with E-state index in [9.17, 15) is 5.11 Å². The molecule has 4 N–H and O–H groups in total. The van der Waals surface area contributed by atoms with E-state index in [4.69, 9.17) is 5.73 Å². The molecule has 92 valence electrons. The van der Waals surface area contributed by atoms with Crippen LogP contribution in [0.2, 0.25) is 0 Å². The average Bonchev–Trinajstić information content (AvgIpc) is 2.15. The molecule has 0 aliphatic rings. The maximum absolute atomic E-state index is 9.25. The van der Waals surface area contributed by atoms with Gasteiger partial charge in [0, 0.05) is 18.6 Å². The Labute approximate surface area is 98.2 Å². The summed E-state index contributed by atoms with van der Waals surface area (Å²) in [6.45, 7) is 4.60.